The minimum atomic E-state index is 0.725. The fourth-order valence-corrected chi connectivity index (χ4v) is 3.41. The van der Waals surface area contributed by atoms with Crippen molar-refractivity contribution >= 4 is 49.1 Å². The summed E-state index contributed by atoms with van der Waals surface area (Å²) >= 11 is 12.8. The molecular weight excluding hydrogens is 393 g/mol. The van der Waals surface area contributed by atoms with Gasteiger partial charge in [-0.25, -0.2) is 0 Å². The number of hydrogen-bond acceptors (Lipinski definition) is 2. The van der Waals surface area contributed by atoms with Crippen molar-refractivity contribution in [3.63, 3.8) is 0 Å². The lowest BCUT2D eigenvalue weighted by Crippen LogP contribution is -2.00. The van der Waals surface area contributed by atoms with E-state index in [1.54, 1.807) is 7.11 Å². The highest BCUT2D eigenvalue weighted by Crippen LogP contribution is 2.34. The van der Waals surface area contributed by atoms with Crippen LogP contribution in [0.4, 0.5) is 5.69 Å². The molecule has 0 fully saturated rings. The Morgan fingerprint density at radius 2 is 1.68 bits per heavy atom. The molecule has 2 aromatic carbocycles. The van der Waals surface area contributed by atoms with Gasteiger partial charge in [-0.2, -0.15) is 0 Å². The van der Waals surface area contributed by atoms with Crippen LogP contribution in [0, 0.1) is 0 Å². The second kappa shape index (κ2) is 6.64. The van der Waals surface area contributed by atoms with Gasteiger partial charge < -0.3 is 10.1 Å². The van der Waals surface area contributed by atoms with Crippen LogP contribution in [0.5, 0.6) is 5.75 Å². The minimum Gasteiger partial charge on any atom is -0.494 e. The normalized spacial score (nSPS) is 10.3. The molecule has 5 heteroatoms. The molecule has 0 saturated carbocycles. The van der Waals surface area contributed by atoms with E-state index < -0.39 is 0 Å². The molecule has 1 N–H and O–H groups in total. The molecular formula is C14H12Br2ClNO. The van der Waals surface area contributed by atoms with Gasteiger partial charge in [0, 0.05) is 17.3 Å². The van der Waals surface area contributed by atoms with Gasteiger partial charge in [-0.1, -0.05) is 11.6 Å². The van der Waals surface area contributed by atoms with E-state index in [0.717, 1.165) is 37.5 Å². The zero-order valence-electron chi connectivity index (χ0n) is 10.2. The number of anilines is 1. The molecule has 0 atom stereocenters. The Labute approximate surface area is 134 Å². The van der Waals surface area contributed by atoms with Crippen LogP contribution < -0.4 is 10.1 Å². The lowest BCUT2D eigenvalue weighted by molar-refractivity contribution is 0.409. The molecule has 0 aliphatic carbocycles. The van der Waals surface area contributed by atoms with Gasteiger partial charge >= 0.3 is 0 Å². The standard InChI is InChI=1S/C14H12Br2ClNO/c1-19-14-12(15)6-9(7-13(14)16)8-18-11-4-2-10(17)3-5-11/h2-7,18H,8H2,1H3. The maximum atomic E-state index is 5.85. The number of hydrogen-bond donors (Lipinski definition) is 1. The van der Waals surface area contributed by atoms with Gasteiger partial charge in [-0.05, 0) is 73.8 Å². The van der Waals surface area contributed by atoms with Crippen molar-refractivity contribution in [1.29, 1.82) is 0 Å². The van der Waals surface area contributed by atoms with Crippen LogP contribution in [0.1, 0.15) is 5.56 Å². The molecule has 0 amide bonds. The lowest BCUT2D eigenvalue weighted by Gasteiger charge is -2.11. The smallest absolute Gasteiger partial charge is 0.147 e. The third-order valence-corrected chi connectivity index (χ3v) is 4.03. The lowest BCUT2D eigenvalue weighted by atomic mass is 10.2. The van der Waals surface area contributed by atoms with Gasteiger partial charge in [0.25, 0.3) is 0 Å². The van der Waals surface area contributed by atoms with Gasteiger partial charge in [-0.15, -0.1) is 0 Å². The van der Waals surface area contributed by atoms with Crippen molar-refractivity contribution in [2.45, 2.75) is 6.54 Å². The monoisotopic (exact) mass is 403 g/mol. The first-order valence-corrected chi connectivity index (χ1v) is 7.58. The molecule has 2 rings (SSSR count). The van der Waals surface area contributed by atoms with Gasteiger partial charge in [0.15, 0.2) is 0 Å². The molecule has 0 spiro atoms. The maximum absolute atomic E-state index is 5.85. The van der Waals surface area contributed by atoms with Crippen LogP contribution in [-0.4, -0.2) is 7.11 Å². The summed E-state index contributed by atoms with van der Waals surface area (Å²) in [6, 6.07) is 11.7. The minimum absolute atomic E-state index is 0.725. The van der Waals surface area contributed by atoms with Crippen LogP contribution in [-0.2, 0) is 6.54 Å². The van der Waals surface area contributed by atoms with Crippen LogP contribution in [0.15, 0.2) is 45.3 Å². The summed E-state index contributed by atoms with van der Waals surface area (Å²) in [7, 11) is 1.65. The highest BCUT2D eigenvalue weighted by Gasteiger charge is 2.07. The number of ether oxygens (including phenoxy) is 1. The Kier molecular flexibility index (Phi) is 5.13. The largest absolute Gasteiger partial charge is 0.494 e. The predicted octanol–water partition coefficient (Wildman–Crippen LogP) is 5.49. The Morgan fingerprint density at radius 1 is 1.11 bits per heavy atom. The van der Waals surface area contributed by atoms with Gasteiger partial charge in [0.1, 0.15) is 5.75 Å². The molecule has 0 radical (unpaired) electrons. The molecule has 2 nitrogen and oxygen atoms in total. The fraction of sp³-hybridized carbons (Fsp3) is 0.143. The van der Waals surface area contributed by atoms with E-state index in [-0.39, 0.29) is 0 Å². The van der Waals surface area contributed by atoms with E-state index in [9.17, 15) is 0 Å². The van der Waals surface area contributed by atoms with Crippen LogP contribution >= 0.6 is 43.5 Å². The molecule has 0 bridgehead atoms. The van der Waals surface area contributed by atoms with Crippen molar-refractivity contribution < 1.29 is 4.74 Å². The summed E-state index contributed by atoms with van der Waals surface area (Å²) < 4.78 is 7.13. The number of halogens is 3. The Balaban J connectivity index is 2.09. The highest BCUT2D eigenvalue weighted by atomic mass is 79.9. The summed E-state index contributed by atoms with van der Waals surface area (Å²) in [5.41, 5.74) is 2.18. The number of nitrogens with one attached hydrogen (secondary N) is 1. The second-order valence-corrected chi connectivity index (χ2v) is 6.10. The van der Waals surface area contributed by atoms with Crippen molar-refractivity contribution in [1.82, 2.24) is 0 Å². The van der Waals surface area contributed by atoms with Crippen molar-refractivity contribution in [2.24, 2.45) is 0 Å². The first-order chi connectivity index (χ1) is 9.10. The van der Waals surface area contributed by atoms with E-state index in [2.05, 4.69) is 37.2 Å². The predicted molar refractivity (Wildman–Crippen MR) is 87.2 cm³/mol. The highest BCUT2D eigenvalue weighted by molar-refractivity contribution is 9.11. The first-order valence-electron chi connectivity index (χ1n) is 5.61. The third-order valence-electron chi connectivity index (χ3n) is 2.60. The number of rotatable bonds is 4. The summed E-state index contributed by atoms with van der Waals surface area (Å²) in [6.45, 7) is 0.725. The van der Waals surface area contributed by atoms with Crippen molar-refractivity contribution in [2.75, 3.05) is 12.4 Å². The molecule has 19 heavy (non-hydrogen) atoms. The number of methoxy groups -OCH3 is 1. The molecule has 0 aromatic heterocycles. The molecule has 0 aliphatic rings. The fourth-order valence-electron chi connectivity index (χ4n) is 1.68. The zero-order valence-corrected chi connectivity index (χ0v) is 14.1. The van der Waals surface area contributed by atoms with Crippen LogP contribution in [0.2, 0.25) is 5.02 Å². The maximum Gasteiger partial charge on any atom is 0.147 e. The zero-order chi connectivity index (χ0) is 13.8. The Bertz CT molecular complexity index is 549. The van der Waals surface area contributed by atoms with E-state index in [1.807, 2.05) is 36.4 Å². The summed E-state index contributed by atoms with van der Waals surface area (Å²) in [4.78, 5) is 0. The average molecular weight is 406 g/mol. The summed E-state index contributed by atoms with van der Waals surface area (Å²) in [5.74, 6) is 0.801. The Morgan fingerprint density at radius 3 is 2.21 bits per heavy atom. The average Bonchev–Trinajstić information content (AvgIpc) is 2.38. The third kappa shape index (κ3) is 3.88. The van der Waals surface area contributed by atoms with Crippen LogP contribution in [0.25, 0.3) is 0 Å². The summed E-state index contributed by atoms with van der Waals surface area (Å²) in [5, 5.41) is 4.08. The first kappa shape index (κ1) is 14.7. The molecule has 0 aliphatic heterocycles. The quantitative estimate of drug-likeness (QED) is 0.727. The van der Waals surface area contributed by atoms with Gasteiger partial charge in [0.05, 0.1) is 16.1 Å². The van der Waals surface area contributed by atoms with Crippen molar-refractivity contribution in [3.8, 4) is 5.75 Å². The molecule has 0 saturated heterocycles. The van der Waals surface area contributed by atoms with E-state index in [0.29, 0.717) is 0 Å². The van der Waals surface area contributed by atoms with E-state index in [4.69, 9.17) is 16.3 Å². The topological polar surface area (TPSA) is 21.3 Å². The van der Waals surface area contributed by atoms with Crippen LogP contribution in [0.3, 0.4) is 0 Å². The second-order valence-electron chi connectivity index (χ2n) is 3.95. The SMILES string of the molecule is COc1c(Br)cc(CNc2ccc(Cl)cc2)cc1Br. The number of benzene rings is 2. The molecule has 2 aromatic rings. The van der Waals surface area contributed by atoms with E-state index in [1.165, 1.54) is 0 Å². The molecule has 0 unspecified atom stereocenters. The van der Waals surface area contributed by atoms with E-state index >= 15 is 0 Å². The molecule has 100 valence electrons. The Hall–Kier alpha value is -0.710. The summed E-state index contributed by atoms with van der Waals surface area (Å²) in [6.07, 6.45) is 0. The van der Waals surface area contributed by atoms with Gasteiger partial charge in [0.2, 0.25) is 0 Å². The molecule has 0 heterocycles. The van der Waals surface area contributed by atoms with Gasteiger partial charge in [-0.3, -0.25) is 0 Å². The van der Waals surface area contributed by atoms with Crippen molar-refractivity contribution in [3.05, 3.63) is 55.9 Å².